The van der Waals surface area contributed by atoms with Gasteiger partial charge in [0.25, 0.3) is 11.8 Å². The second-order valence-electron chi connectivity index (χ2n) is 9.22. The summed E-state index contributed by atoms with van der Waals surface area (Å²) in [7, 11) is -1.76. The molecule has 184 valence electrons. The lowest BCUT2D eigenvalue weighted by Gasteiger charge is -2.18. The van der Waals surface area contributed by atoms with E-state index in [0.717, 1.165) is 6.26 Å². The van der Waals surface area contributed by atoms with Crippen LogP contribution in [0.5, 0.6) is 0 Å². The Morgan fingerprint density at radius 2 is 1.86 bits per heavy atom. The molecule has 3 heterocycles. The molecule has 1 N–H and O–H groups in total. The fraction of sp³-hybridized carbons (Fsp3) is 0.348. The fourth-order valence-corrected chi connectivity index (χ4v) is 5.48. The molecule has 0 radical (unpaired) electrons. The van der Waals surface area contributed by atoms with Crippen molar-refractivity contribution in [2.24, 2.45) is 12.5 Å². The van der Waals surface area contributed by atoms with Crippen molar-refractivity contribution < 1.29 is 22.0 Å². The predicted molar refractivity (Wildman–Crippen MR) is 128 cm³/mol. The van der Waals surface area contributed by atoms with Gasteiger partial charge in [-0.25, -0.2) is 27.2 Å². The third-order valence-corrected chi connectivity index (χ3v) is 7.93. The number of hydrogen-bond acceptors (Lipinski definition) is 6. The van der Waals surface area contributed by atoms with Crippen molar-refractivity contribution >= 4 is 38.7 Å². The zero-order valence-corrected chi connectivity index (χ0v) is 20.5. The summed E-state index contributed by atoms with van der Waals surface area (Å²) in [5.74, 6) is -2.67. The number of carbonyl (C=O) groups is 1. The summed E-state index contributed by atoms with van der Waals surface area (Å²) in [5.41, 5.74) is 0.920. The molecule has 12 heteroatoms. The molecule has 5 rings (SSSR count). The number of sulfone groups is 1. The van der Waals surface area contributed by atoms with E-state index >= 15 is 0 Å². The molecule has 2 aliphatic rings. The molecule has 1 aromatic carbocycles. The lowest BCUT2D eigenvalue weighted by atomic mass is 10.1. The summed E-state index contributed by atoms with van der Waals surface area (Å²) in [4.78, 5) is 23.5. The Balaban J connectivity index is 1.32. The van der Waals surface area contributed by atoms with Gasteiger partial charge in [0.2, 0.25) is 0 Å². The Labute approximate surface area is 205 Å². The van der Waals surface area contributed by atoms with Crippen LogP contribution < -0.4 is 10.2 Å². The average molecular weight is 522 g/mol. The van der Waals surface area contributed by atoms with E-state index in [1.807, 2.05) is 4.90 Å². The molecule has 1 aliphatic heterocycles. The zero-order chi connectivity index (χ0) is 25.2. The normalized spacial score (nSPS) is 20.9. The van der Waals surface area contributed by atoms with E-state index in [9.17, 15) is 22.0 Å². The summed E-state index contributed by atoms with van der Waals surface area (Å²) in [6, 6.07) is 5.72. The van der Waals surface area contributed by atoms with E-state index in [0.29, 0.717) is 42.3 Å². The van der Waals surface area contributed by atoms with Crippen molar-refractivity contribution in [3.8, 4) is 11.5 Å². The second-order valence-corrected chi connectivity index (χ2v) is 11.7. The largest absolute Gasteiger partial charge is 0.368 e. The van der Waals surface area contributed by atoms with Crippen LogP contribution in [0, 0.1) is 5.41 Å². The van der Waals surface area contributed by atoms with Crippen LogP contribution in [0.3, 0.4) is 0 Å². The number of aryl methyl sites for hydroxylation is 1. The number of nitrogens with zero attached hydrogens (tertiary/aromatic N) is 4. The molecule has 8 nitrogen and oxygen atoms in total. The van der Waals surface area contributed by atoms with Crippen LogP contribution in [0.2, 0.25) is 5.02 Å². The lowest BCUT2D eigenvalue weighted by Crippen LogP contribution is -2.22. The lowest BCUT2D eigenvalue weighted by molar-refractivity contribution is 0.0711. The minimum Gasteiger partial charge on any atom is -0.368 e. The number of hydrogen-bond donors (Lipinski definition) is 1. The monoisotopic (exact) mass is 521 g/mol. The number of carbonyl (C=O) groups excluding carboxylic acids is 1. The Morgan fingerprint density at radius 1 is 1.17 bits per heavy atom. The van der Waals surface area contributed by atoms with Crippen LogP contribution in [-0.4, -0.2) is 54.1 Å². The Morgan fingerprint density at radius 3 is 2.46 bits per heavy atom. The van der Waals surface area contributed by atoms with Crippen molar-refractivity contribution in [2.45, 2.75) is 23.7 Å². The highest BCUT2D eigenvalue weighted by Gasteiger charge is 2.72. The maximum Gasteiger partial charge on any atom is 0.257 e. The summed E-state index contributed by atoms with van der Waals surface area (Å²) in [6.45, 7) is 0.832. The third-order valence-electron chi connectivity index (χ3n) is 6.62. The average Bonchev–Trinajstić information content (AvgIpc) is 3.11. The van der Waals surface area contributed by atoms with Gasteiger partial charge in [-0.2, -0.15) is 0 Å². The first-order chi connectivity index (χ1) is 16.4. The van der Waals surface area contributed by atoms with E-state index in [-0.39, 0.29) is 22.0 Å². The fourth-order valence-electron chi connectivity index (χ4n) is 4.50. The molecule has 1 saturated heterocycles. The molecular formula is C23H22ClF2N5O3S. The summed E-state index contributed by atoms with van der Waals surface area (Å²) in [5, 5.41) is 2.84. The number of rotatable bonds is 5. The van der Waals surface area contributed by atoms with Gasteiger partial charge in [-0.3, -0.25) is 4.79 Å². The second kappa shape index (κ2) is 7.99. The first kappa shape index (κ1) is 23.7. The number of nitrogens with one attached hydrogen (secondary N) is 1. The van der Waals surface area contributed by atoms with Crippen LogP contribution in [0.25, 0.3) is 11.5 Å². The van der Waals surface area contributed by atoms with Gasteiger partial charge in [-0.1, -0.05) is 11.6 Å². The van der Waals surface area contributed by atoms with Gasteiger partial charge in [-0.05, 0) is 30.7 Å². The molecular weight excluding hydrogens is 500 g/mol. The van der Waals surface area contributed by atoms with Crippen LogP contribution in [0.15, 0.2) is 47.8 Å². The number of amides is 1. The van der Waals surface area contributed by atoms with Crippen LogP contribution >= 0.6 is 11.6 Å². The minimum absolute atomic E-state index is 0.00290. The van der Waals surface area contributed by atoms with E-state index in [1.54, 1.807) is 36.3 Å². The topological polar surface area (TPSA) is 97.2 Å². The molecule has 2 fully saturated rings. The first-order valence-corrected chi connectivity index (χ1v) is 13.1. The highest BCUT2D eigenvalue weighted by atomic mass is 35.5. The number of benzene rings is 1. The number of halogens is 3. The van der Waals surface area contributed by atoms with Gasteiger partial charge in [0.15, 0.2) is 15.7 Å². The van der Waals surface area contributed by atoms with Crippen molar-refractivity contribution in [1.82, 2.24) is 14.5 Å². The van der Waals surface area contributed by atoms with Crippen molar-refractivity contribution in [3.63, 3.8) is 0 Å². The predicted octanol–water partition coefficient (Wildman–Crippen LogP) is 4.03. The molecule has 1 unspecified atom stereocenters. The van der Waals surface area contributed by atoms with Gasteiger partial charge >= 0.3 is 0 Å². The number of aromatic nitrogens is 3. The summed E-state index contributed by atoms with van der Waals surface area (Å²) in [6.07, 6.45) is 6.26. The molecule has 1 amide bonds. The van der Waals surface area contributed by atoms with E-state index in [4.69, 9.17) is 11.6 Å². The SMILES string of the molecule is Cn1cc(C(=O)Nc2cc(Cl)cc(S(C)(=O)=O)c2)cc1-c1ncc(N2CCC3(C2)CC3(F)F)cn1. The van der Waals surface area contributed by atoms with Gasteiger partial charge in [-0.15, -0.1) is 0 Å². The van der Waals surface area contributed by atoms with Crippen molar-refractivity contribution in [2.75, 3.05) is 29.6 Å². The molecule has 1 saturated carbocycles. The maximum absolute atomic E-state index is 13.7. The summed E-state index contributed by atoms with van der Waals surface area (Å²) >= 11 is 6.01. The molecule has 1 spiro atoms. The van der Waals surface area contributed by atoms with E-state index in [1.165, 1.54) is 18.2 Å². The molecule has 3 aromatic rings. The van der Waals surface area contributed by atoms with E-state index in [2.05, 4.69) is 15.3 Å². The smallest absolute Gasteiger partial charge is 0.257 e. The van der Waals surface area contributed by atoms with Gasteiger partial charge in [0, 0.05) is 49.7 Å². The molecule has 2 aromatic heterocycles. The van der Waals surface area contributed by atoms with Crippen LogP contribution in [-0.2, 0) is 16.9 Å². The Kier molecular flexibility index (Phi) is 5.41. The van der Waals surface area contributed by atoms with Gasteiger partial charge in [0.1, 0.15) is 0 Å². The maximum atomic E-state index is 13.7. The quantitative estimate of drug-likeness (QED) is 0.544. The minimum atomic E-state index is -3.50. The number of alkyl halides is 2. The van der Waals surface area contributed by atoms with Crippen molar-refractivity contribution in [1.29, 1.82) is 0 Å². The van der Waals surface area contributed by atoms with Crippen LogP contribution in [0.4, 0.5) is 20.2 Å². The highest BCUT2D eigenvalue weighted by Crippen LogP contribution is 2.65. The molecule has 0 bridgehead atoms. The standard InChI is InChI=1S/C23H22ClF2N5O3S/c1-30-11-14(21(32)29-16-6-15(24)7-18(8-16)35(2,33)34)5-19(30)20-27-9-17(10-28-20)31-4-3-22(13-31)12-23(22,25)26/h5-11H,3-4,12-13H2,1-2H3,(H,29,32). The van der Waals surface area contributed by atoms with Gasteiger partial charge < -0.3 is 14.8 Å². The van der Waals surface area contributed by atoms with Gasteiger partial charge in [0.05, 0.1) is 39.6 Å². The van der Waals surface area contributed by atoms with E-state index < -0.39 is 27.1 Å². The highest BCUT2D eigenvalue weighted by molar-refractivity contribution is 7.90. The van der Waals surface area contributed by atoms with Crippen LogP contribution in [0.1, 0.15) is 23.2 Å². The number of anilines is 2. The van der Waals surface area contributed by atoms with Crippen molar-refractivity contribution in [3.05, 3.63) is 53.4 Å². The first-order valence-electron chi connectivity index (χ1n) is 10.8. The molecule has 1 aliphatic carbocycles. The molecule has 1 atom stereocenters. The summed E-state index contributed by atoms with van der Waals surface area (Å²) < 4.78 is 52.7. The Bertz CT molecular complexity index is 1440. The molecule has 35 heavy (non-hydrogen) atoms. The third kappa shape index (κ3) is 4.38. The Hall–Kier alpha value is -3.05. The zero-order valence-electron chi connectivity index (χ0n) is 18.9.